The first kappa shape index (κ1) is 43.3. The minimum absolute atomic E-state index is 0.00518. The van der Waals surface area contributed by atoms with Gasteiger partial charge >= 0.3 is 12.2 Å². The Morgan fingerprint density at radius 3 is 1.91 bits per heavy atom. The van der Waals surface area contributed by atoms with E-state index in [0.717, 1.165) is 57.2 Å². The van der Waals surface area contributed by atoms with Gasteiger partial charge in [0.25, 0.3) is 0 Å². The fourth-order valence-electron chi connectivity index (χ4n) is 9.08. The predicted octanol–water partition coefficient (Wildman–Crippen LogP) is 7.55. The molecule has 3 unspecified atom stereocenters. The lowest BCUT2D eigenvalue weighted by molar-refractivity contribution is -0.113. The van der Waals surface area contributed by atoms with Crippen LogP contribution in [0.4, 0.5) is 9.59 Å². The van der Waals surface area contributed by atoms with E-state index in [2.05, 4.69) is 33.4 Å². The average Bonchev–Trinajstić information content (AvgIpc) is 3.85. The summed E-state index contributed by atoms with van der Waals surface area (Å²) in [5.74, 6) is 0.878. The van der Waals surface area contributed by atoms with E-state index in [9.17, 15) is 19.5 Å². The number of hydrogen-bond acceptors (Lipinski definition) is 10. The van der Waals surface area contributed by atoms with Gasteiger partial charge in [-0.1, -0.05) is 127 Å². The zero-order valence-corrected chi connectivity index (χ0v) is 35.8. The van der Waals surface area contributed by atoms with Crippen LogP contribution < -0.4 is 30.7 Å². The van der Waals surface area contributed by atoms with Crippen LogP contribution in [0.25, 0.3) is 22.3 Å². The molecule has 2 amide bonds. The Morgan fingerprint density at radius 2 is 1.23 bits per heavy atom. The number of benzene rings is 6. The lowest BCUT2D eigenvalue weighted by Gasteiger charge is -2.23. The smallest absolute Gasteiger partial charge is 0.407 e. The second-order valence-electron chi connectivity index (χ2n) is 16.9. The summed E-state index contributed by atoms with van der Waals surface area (Å²) in [6, 6.07) is 51.3. The molecule has 0 bridgehead atoms. The maximum atomic E-state index is 13.1. The first-order valence-electron chi connectivity index (χ1n) is 22.1. The zero-order chi connectivity index (χ0) is 44.6. The average molecular weight is 873 g/mol. The van der Waals surface area contributed by atoms with Gasteiger partial charge in [0.1, 0.15) is 36.1 Å². The number of ether oxygens (including phenoxy) is 4. The molecule has 0 radical (unpaired) electrons. The monoisotopic (exact) mass is 872 g/mol. The normalized spacial score (nSPS) is 23.0. The van der Waals surface area contributed by atoms with Gasteiger partial charge in [0, 0.05) is 32.1 Å². The molecule has 7 atom stereocenters. The molecule has 2 saturated heterocycles. The van der Waals surface area contributed by atoms with Gasteiger partial charge in [0.2, 0.25) is 6.79 Å². The Bertz CT molecular complexity index is 2540. The number of β-amino-alcohol motifs (C(OH)–C–C–N with tert-alkyl or cyclic N) is 1. The molecule has 332 valence electrons. The molecular weight excluding hydrogens is 821 g/mol. The number of aldehydes is 1. The number of aliphatic hydroxyl groups is 1. The van der Waals surface area contributed by atoms with Gasteiger partial charge in [-0.25, -0.2) is 9.59 Å². The van der Waals surface area contributed by atoms with E-state index in [4.69, 9.17) is 18.9 Å². The van der Waals surface area contributed by atoms with E-state index in [1.165, 1.54) is 0 Å². The summed E-state index contributed by atoms with van der Waals surface area (Å²) in [6.45, 7) is 1.37. The van der Waals surface area contributed by atoms with Crippen molar-refractivity contribution in [1.82, 2.24) is 21.3 Å². The van der Waals surface area contributed by atoms with Gasteiger partial charge in [-0.05, 0) is 87.7 Å². The predicted molar refractivity (Wildman–Crippen MR) is 246 cm³/mol. The number of carbonyl (C=O) groups is 3. The van der Waals surface area contributed by atoms with Crippen LogP contribution in [0.1, 0.15) is 34.6 Å². The summed E-state index contributed by atoms with van der Waals surface area (Å²) in [7, 11) is 0. The van der Waals surface area contributed by atoms with E-state index < -0.39 is 42.0 Å². The van der Waals surface area contributed by atoms with Gasteiger partial charge in [0.05, 0.1) is 17.5 Å². The van der Waals surface area contributed by atoms with E-state index in [0.29, 0.717) is 44.1 Å². The van der Waals surface area contributed by atoms with E-state index in [1.54, 1.807) is 0 Å². The van der Waals surface area contributed by atoms with Gasteiger partial charge in [0.15, 0.2) is 0 Å². The molecule has 12 nitrogen and oxygen atoms in total. The number of aliphatic hydroxyl groups excluding tert-OH is 1. The maximum Gasteiger partial charge on any atom is 0.407 e. The van der Waals surface area contributed by atoms with Crippen LogP contribution in [0.2, 0.25) is 0 Å². The summed E-state index contributed by atoms with van der Waals surface area (Å²) in [5.41, 5.74) is 7.80. The van der Waals surface area contributed by atoms with Crippen LogP contribution in [0.3, 0.4) is 0 Å². The number of rotatable bonds is 16. The van der Waals surface area contributed by atoms with Crippen LogP contribution in [0.5, 0.6) is 11.5 Å². The maximum absolute atomic E-state index is 13.1. The van der Waals surface area contributed by atoms with Crippen molar-refractivity contribution in [3.05, 3.63) is 180 Å². The molecule has 0 aromatic heterocycles. The Hall–Kier alpha value is -6.99. The SMILES string of the molecule is O=CC1CNC2(CC2c2ccc(OCOc3ccc(C[C@H]4NC[C@H](O)[C@H]4OC(=O)NCc4ccc(-c5ccccc5)cc4)cc3)cc2)[C@@H]1OC(=O)NCc1cccc(-c2ccccc2)c1. The molecule has 3 fully saturated rings. The molecule has 9 rings (SSSR count). The summed E-state index contributed by atoms with van der Waals surface area (Å²) >= 11 is 0. The molecule has 6 aromatic carbocycles. The van der Waals surface area contributed by atoms with Crippen molar-refractivity contribution in [2.75, 3.05) is 19.9 Å². The van der Waals surface area contributed by atoms with E-state index >= 15 is 0 Å². The third-order valence-corrected chi connectivity index (χ3v) is 12.7. The van der Waals surface area contributed by atoms with E-state index in [1.807, 2.05) is 146 Å². The molecule has 2 heterocycles. The number of carbonyl (C=O) groups excluding carboxylic acids is 3. The third kappa shape index (κ3) is 10.4. The minimum Gasteiger partial charge on any atom is -0.458 e. The number of nitrogens with one attached hydrogen (secondary N) is 4. The molecule has 5 N–H and O–H groups in total. The standard InChI is InChI=1S/C53H52N4O8/c58-33-43-31-57-53(50(43)65-52(61)56-30-37-8-7-13-42(26-37)39-11-5-2-6-12-39)28-46(53)41-20-24-45(25-21-41)63-34-62-44-22-16-35(17-23-44)27-47-49(48(59)32-54-47)64-51(60)55-29-36-14-18-40(19-15-36)38-9-3-1-4-10-38/h1-26,33,43,46-50,54,57,59H,27-32,34H2,(H,55,60)(H,56,61)/t43?,46?,47-,48+,49+,50-,53?/m1/s1. The summed E-state index contributed by atoms with van der Waals surface area (Å²) in [4.78, 5) is 37.9. The topological polar surface area (TPSA) is 156 Å². The van der Waals surface area contributed by atoms with Crippen molar-refractivity contribution < 1.29 is 38.4 Å². The molecule has 2 aliphatic heterocycles. The highest BCUT2D eigenvalue weighted by molar-refractivity contribution is 5.70. The molecule has 12 heteroatoms. The highest BCUT2D eigenvalue weighted by Gasteiger charge is 2.66. The molecule has 65 heavy (non-hydrogen) atoms. The molecule has 1 aliphatic carbocycles. The summed E-state index contributed by atoms with van der Waals surface area (Å²) in [5, 5.41) is 23.1. The van der Waals surface area contributed by atoms with Crippen molar-refractivity contribution >= 4 is 18.5 Å². The second kappa shape index (κ2) is 19.8. The van der Waals surface area contributed by atoms with Crippen molar-refractivity contribution in [3.63, 3.8) is 0 Å². The lowest BCUT2D eigenvalue weighted by Crippen LogP contribution is -2.42. The highest BCUT2D eigenvalue weighted by atomic mass is 16.7. The summed E-state index contributed by atoms with van der Waals surface area (Å²) < 4.78 is 23.5. The van der Waals surface area contributed by atoms with Crippen molar-refractivity contribution in [3.8, 4) is 33.8 Å². The van der Waals surface area contributed by atoms with E-state index in [-0.39, 0.29) is 18.8 Å². The third-order valence-electron chi connectivity index (χ3n) is 12.7. The molecule has 3 aliphatic rings. The highest BCUT2D eigenvalue weighted by Crippen LogP contribution is 2.58. The Labute approximate surface area is 378 Å². The number of amides is 2. The Kier molecular flexibility index (Phi) is 13.2. The first-order chi connectivity index (χ1) is 31.8. The molecular formula is C53H52N4O8. The Morgan fingerprint density at radius 1 is 0.646 bits per heavy atom. The van der Waals surface area contributed by atoms with Gasteiger partial charge in [-0.2, -0.15) is 0 Å². The molecule has 6 aromatic rings. The van der Waals surface area contributed by atoms with Gasteiger partial charge < -0.3 is 50.1 Å². The van der Waals surface area contributed by atoms with Crippen LogP contribution in [0, 0.1) is 5.92 Å². The Balaban J connectivity index is 0.710. The lowest BCUT2D eigenvalue weighted by atomic mass is 9.97. The van der Waals surface area contributed by atoms with Crippen molar-refractivity contribution in [2.45, 2.75) is 61.7 Å². The van der Waals surface area contributed by atoms with Crippen LogP contribution in [-0.2, 0) is 33.8 Å². The molecule has 1 spiro atoms. The number of hydrogen-bond donors (Lipinski definition) is 5. The van der Waals surface area contributed by atoms with Crippen LogP contribution >= 0.6 is 0 Å². The number of alkyl carbamates (subject to hydrolysis) is 2. The fraction of sp³-hybridized carbons (Fsp3) is 0.264. The minimum atomic E-state index is -0.825. The molecule has 1 saturated carbocycles. The zero-order valence-electron chi connectivity index (χ0n) is 35.8. The van der Waals surface area contributed by atoms with Crippen LogP contribution in [-0.4, -0.2) is 73.4 Å². The van der Waals surface area contributed by atoms with Crippen molar-refractivity contribution in [2.24, 2.45) is 5.92 Å². The largest absolute Gasteiger partial charge is 0.458 e. The second-order valence-corrected chi connectivity index (χ2v) is 16.9. The first-order valence-corrected chi connectivity index (χ1v) is 22.1. The fourth-order valence-corrected chi connectivity index (χ4v) is 9.08. The summed E-state index contributed by atoms with van der Waals surface area (Å²) in [6.07, 6.45) is -1.11. The van der Waals surface area contributed by atoms with Crippen LogP contribution in [0.15, 0.2) is 158 Å². The van der Waals surface area contributed by atoms with Gasteiger partial charge in [-0.15, -0.1) is 0 Å². The quantitative estimate of drug-likeness (QED) is 0.0487. The van der Waals surface area contributed by atoms with Gasteiger partial charge in [-0.3, -0.25) is 0 Å². The van der Waals surface area contributed by atoms with Crippen molar-refractivity contribution in [1.29, 1.82) is 0 Å².